The van der Waals surface area contributed by atoms with Crippen molar-refractivity contribution < 1.29 is 18.7 Å². The van der Waals surface area contributed by atoms with Crippen molar-refractivity contribution >= 4 is 40.4 Å². The summed E-state index contributed by atoms with van der Waals surface area (Å²) >= 11 is 6.23. The Morgan fingerprint density at radius 1 is 0.938 bits per heavy atom. The number of rotatable bonds is 5. The van der Waals surface area contributed by atoms with E-state index in [2.05, 4.69) is 5.32 Å². The number of nitrogens with one attached hydrogen (secondary N) is 1. The molecule has 0 radical (unpaired) electrons. The fraction of sp³-hybridized carbons (Fsp3) is 0.120. The molecule has 7 heteroatoms. The van der Waals surface area contributed by atoms with Gasteiger partial charge in [0.25, 0.3) is 11.8 Å². The van der Waals surface area contributed by atoms with Gasteiger partial charge < -0.3 is 10.1 Å². The van der Waals surface area contributed by atoms with E-state index in [0.717, 1.165) is 16.0 Å². The van der Waals surface area contributed by atoms with Crippen molar-refractivity contribution in [3.8, 4) is 5.75 Å². The summed E-state index contributed by atoms with van der Waals surface area (Å²) in [5.74, 6) is -1.07. The minimum atomic E-state index is -0.532. The lowest BCUT2D eigenvalue weighted by atomic mass is 10.0. The molecule has 5 nitrogen and oxygen atoms in total. The van der Waals surface area contributed by atoms with Crippen molar-refractivity contribution in [2.24, 2.45) is 0 Å². The molecule has 162 valence electrons. The molecule has 0 unspecified atom stereocenters. The highest BCUT2D eigenvalue weighted by Gasteiger charge is 2.40. The molecule has 0 aliphatic carbocycles. The number of amides is 2. The molecule has 0 atom stereocenters. The van der Waals surface area contributed by atoms with Gasteiger partial charge >= 0.3 is 0 Å². The summed E-state index contributed by atoms with van der Waals surface area (Å²) < 4.78 is 18.7. The Morgan fingerprint density at radius 3 is 2.28 bits per heavy atom. The number of carbonyl (C=O) groups is 2. The average molecular weight is 451 g/mol. The van der Waals surface area contributed by atoms with E-state index in [-0.39, 0.29) is 16.3 Å². The van der Waals surface area contributed by atoms with Gasteiger partial charge in [0.05, 0.1) is 23.4 Å². The second-order valence-corrected chi connectivity index (χ2v) is 7.87. The lowest BCUT2D eigenvalue weighted by Gasteiger charge is -2.17. The topological polar surface area (TPSA) is 58.6 Å². The first-order valence-electron chi connectivity index (χ1n) is 9.87. The lowest BCUT2D eigenvalue weighted by Crippen LogP contribution is -2.32. The third-order valence-electron chi connectivity index (χ3n) is 5.25. The van der Waals surface area contributed by atoms with E-state index in [4.69, 9.17) is 16.3 Å². The highest BCUT2D eigenvalue weighted by atomic mass is 35.5. The Bertz CT molecular complexity index is 1270. The van der Waals surface area contributed by atoms with E-state index >= 15 is 0 Å². The van der Waals surface area contributed by atoms with Gasteiger partial charge in [-0.1, -0.05) is 41.4 Å². The molecular formula is C25H20ClFN2O3. The fourth-order valence-corrected chi connectivity index (χ4v) is 3.90. The van der Waals surface area contributed by atoms with E-state index in [1.54, 1.807) is 12.1 Å². The summed E-state index contributed by atoms with van der Waals surface area (Å²) in [6.07, 6.45) is 0. The second kappa shape index (κ2) is 8.48. The molecule has 0 saturated carbocycles. The van der Waals surface area contributed by atoms with Crippen molar-refractivity contribution in [2.75, 3.05) is 17.3 Å². The van der Waals surface area contributed by atoms with Gasteiger partial charge in [-0.25, -0.2) is 9.29 Å². The molecule has 3 aromatic rings. The molecule has 1 heterocycles. The van der Waals surface area contributed by atoms with Gasteiger partial charge in [0.2, 0.25) is 0 Å². The van der Waals surface area contributed by atoms with Crippen LogP contribution in [-0.4, -0.2) is 18.9 Å². The van der Waals surface area contributed by atoms with Crippen molar-refractivity contribution in [1.82, 2.24) is 0 Å². The van der Waals surface area contributed by atoms with Crippen LogP contribution in [-0.2, 0) is 9.59 Å². The van der Waals surface area contributed by atoms with E-state index < -0.39 is 17.6 Å². The third-order valence-corrected chi connectivity index (χ3v) is 5.55. The molecule has 2 amide bonds. The number of carbonyl (C=O) groups excluding carboxylic acids is 2. The molecule has 0 aromatic heterocycles. The number of hydrogen-bond donors (Lipinski definition) is 1. The molecule has 32 heavy (non-hydrogen) atoms. The predicted octanol–water partition coefficient (Wildman–Crippen LogP) is 5.50. The number of methoxy groups -OCH3 is 1. The highest BCUT2D eigenvalue weighted by molar-refractivity contribution is 6.46. The molecule has 1 aliphatic heterocycles. The maximum atomic E-state index is 13.5. The van der Waals surface area contributed by atoms with Crippen LogP contribution in [0.15, 0.2) is 66.4 Å². The average Bonchev–Trinajstić information content (AvgIpc) is 3.00. The number of hydrogen-bond acceptors (Lipinski definition) is 4. The number of imide groups is 1. The molecular weight excluding hydrogens is 431 g/mol. The van der Waals surface area contributed by atoms with Crippen molar-refractivity contribution in [2.45, 2.75) is 13.8 Å². The van der Waals surface area contributed by atoms with Crippen molar-refractivity contribution in [1.29, 1.82) is 0 Å². The minimum absolute atomic E-state index is 0.112. The molecule has 0 spiro atoms. The van der Waals surface area contributed by atoms with Gasteiger partial charge in [-0.3, -0.25) is 9.59 Å². The van der Waals surface area contributed by atoms with Crippen LogP contribution >= 0.6 is 11.6 Å². The molecule has 0 fully saturated rings. The largest absolute Gasteiger partial charge is 0.495 e. The third kappa shape index (κ3) is 3.85. The predicted molar refractivity (Wildman–Crippen MR) is 123 cm³/mol. The summed E-state index contributed by atoms with van der Waals surface area (Å²) in [5, 5.41) is 3.40. The second-order valence-electron chi connectivity index (χ2n) is 7.46. The standard InChI is InChI=1S/C25H20ClFN2O3/c1-14-4-10-20(15(2)12-14)28-23-22(16-5-7-17(27)8-6-16)24(30)29(25(23)31)18-9-11-21(32-3)19(26)13-18/h4-13,28H,1-3H3. The molecule has 0 saturated heterocycles. The Balaban J connectivity index is 1.83. The van der Waals surface area contributed by atoms with Gasteiger partial charge in [-0.15, -0.1) is 0 Å². The van der Waals surface area contributed by atoms with Crippen LogP contribution in [0.3, 0.4) is 0 Å². The number of benzene rings is 3. The first kappa shape index (κ1) is 21.6. The maximum absolute atomic E-state index is 13.5. The summed E-state index contributed by atoms with van der Waals surface area (Å²) in [4.78, 5) is 27.9. The molecule has 1 aliphatic rings. The summed E-state index contributed by atoms with van der Waals surface area (Å²) in [6, 6.07) is 15.9. The smallest absolute Gasteiger partial charge is 0.282 e. The SMILES string of the molecule is COc1ccc(N2C(=O)C(Nc3ccc(C)cc3C)=C(c3ccc(F)cc3)C2=O)cc1Cl. The zero-order valence-corrected chi connectivity index (χ0v) is 18.5. The fourth-order valence-electron chi connectivity index (χ4n) is 3.65. The van der Waals surface area contributed by atoms with Crippen LogP contribution in [0.2, 0.25) is 5.02 Å². The Labute approximate surface area is 190 Å². The van der Waals surface area contributed by atoms with Crippen molar-refractivity contribution in [3.05, 3.63) is 93.9 Å². The quantitative estimate of drug-likeness (QED) is 0.521. The Hall–Kier alpha value is -3.64. The van der Waals surface area contributed by atoms with Crippen LogP contribution in [0.25, 0.3) is 5.57 Å². The van der Waals surface area contributed by atoms with Crippen molar-refractivity contribution in [3.63, 3.8) is 0 Å². The van der Waals surface area contributed by atoms with E-state index in [1.165, 1.54) is 37.4 Å². The van der Waals surface area contributed by atoms with E-state index in [0.29, 0.717) is 22.7 Å². The van der Waals surface area contributed by atoms with E-state index in [1.807, 2.05) is 32.0 Å². The number of halogens is 2. The van der Waals surface area contributed by atoms with Gasteiger partial charge in [0.1, 0.15) is 17.3 Å². The first-order valence-corrected chi connectivity index (χ1v) is 10.2. The monoisotopic (exact) mass is 450 g/mol. The Kier molecular flexibility index (Phi) is 5.72. The number of nitrogens with zero attached hydrogens (tertiary/aromatic N) is 1. The zero-order valence-electron chi connectivity index (χ0n) is 17.7. The Morgan fingerprint density at radius 2 is 1.66 bits per heavy atom. The number of anilines is 2. The van der Waals surface area contributed by atoms with Crippen LogP contribution in [0, 0.1) is 19.7 Å². The van der Waals surface area contributed by atoms with Gasteiger partial charge in [-0.2, -0.15) is 0 Å². The normalized spacial score (nSPS) is 13.7. The molecule has 3 aromatic carbocycles. The van der Waals surface area contributed by atoms with Crippen LogP contribution in [0.1, 0.15) is 16.7 Å². The molecule has 0 bridgehead atoms. The minimum Gasteiger partial charge on any atom is -0.495 e. The first-order chi connectivity index (χ1) is 15.3. The van der Waals surface area contributed by atoms with E-state index in [9.17, 15) is 14.0 Å². The van der Waals surface area contributed by atoms with Gasteiger partial charge in [-0.05, 0) is 61.4 Å². The highest BCUT2D eigenvalue weighted by Crippen LogP contribution is 2.37. The van der Waals surface area contributed by atoms with Crippen LogP contribution < -0.4 is 15.0 Å². The summed E-state index contributed by atoms with van der Waals surface area (Å²) in [7, 11) is 1.48. The zero-order chi connectivity index (χ0) is 23.0. The summed E-state index contributed by atoms with van der Waals surface area (Å²) in [6.45, 7) is 3.88. The maximum Gasteiger partial charge on any atom is 0.282 e. The molecule has 4 rings (SSSR count). The number of ether oxygens (including phenoxy) is 1. The van der Waals surface area contributed by atoms with Crippen LogP contribution in [0.5, 0.6) is 5.75 Å². The van der Waals surface area contributed by atoms with Crippen LogP contribution in [0.4, 0.5) is 15.8 Å². The summed E-state index contributed by atoms with van der Waals surface area (Å²) in [5.41, 5.74) is 3.69. The lowest BCUT2D eigenvalue weighted by molar-refractivity contribution is -0.120. The van der Waals surface area contributed by atoms with Gasteiger partial charge in [0, 0.05) is 5.69 Å². The molecule has 1 N–H and O–H groups in total. The number of aryl methyl sites for hydroxylation is 2. The van der Waals surface area contributed by atoms with Gasteiger partial charge in [0.15, 0.2) is 0 Å².